The molecule has 1 N–H and O–H groups in total. The SMILES string of the molecule is COc1ccc(C2/C(=C(\O)c3ccc4c(c3)CCCC4)C(=O)C(=O)N2c2ccc(C(C)C)cc2)cc1OC. The van der Waals surface area contributed by atoms with Crippen LogP contribution in [0.25, 0.3) is 5.76 Å². The van der Waals surface area contributed by atoms with Crippen LogP contribution < -0.4 is 14.4 Å². The van der Waals surface area contributed by atoms with Crippen molar-refractivity contribution in [3.8, 4) is 11.5 Å². The smallest absolute Gasteiger partial charge is 0.300 e. The van der Waals surface area contributed by atoms with Crippen LogP contribution in [-0.2, 0) is 22.4 Å². The lowest BCUT2D eigenvalue weighted by Crippen LogP contribution is -2.29. The summed E-state index contributed by atoms with van der Waals surface area (Å²) in [5.41, 5.74) is 5.41. The van der Waals surface area contributed by atoms with Crippen LogP contribution in [0.5, 0.6) is 11.5 Å². The fourth-order valence-corrected chi connectivity index (χ4v) is 5.49. The van der Waals surface area contributed by atoms with E-state index in [-0.39, 0.29) is 11.3 Å². The molecule has 5 rings (SSSR count). The average Bonchev–Trinajstić information content (AvgIpc) is 3.21. The van der Waals surface area contributed by atoms with Gasteiger partial charge in [0.15, 0.2) is 11.5 Å². The van der Waals surface area contributed by atoms with Gasteiger partial charge in [-0.1, -0.05) is 44.2 Å². The van der Waals surface area contributed by atoms with Crippen LogP contribution in [0.3, 0.4) is 0 Å². The summed E-state index contributed by atoms with van der Waals surface area (Å²) in [6, 6.07) is 17.9. The largest absolute Gasteiger partial charge is 0.507 e. The van der Waals surface area contributed by atoms with E-state index >= 15 is 0 Å². The molecule has 38 heavy (non-hydrogen) atoms. The van der Waals surface area contributed by atoms with Gasteiger partial charge < -0.3 is 14.6 Å². The first kappa shape index (κ1) is 25.6. The molecule has 196 valence electrons. The van der Waals surface area contributed by atoms with Gasteiger partial charge in [-0.2, -0.15) is 0 Å². The van der Waals surface area contributed by atoms with Crippen LogP contribution in [-0.4, -0.2) is 31.0 Å². The van der Waals surface area contributed by atoms with Gasteiger partial charge in [0.1, 0.15) is 5.76 Å². The number of anilines is 1. The summed E-state index contributed by atoms with van der Waals surface area (Å²) in [6.07, 6.45) is 4.20. The minimum atomic E-state index is -0.837. The van der Waals surface area contributed by atoms with Crippen LogP contribution >= 0.6 is 0 Å². The van der Waals surface area contributed by atoms with Crippen LogP contribution in [0.1, 0.15) is 66.5 Å². The third-order valence-electron chi connectivity index (χ3n) is 7.63. The molecular formula is C32H33NO5. The summed E-state index contributed by atoms with van der Waals surface area (Å²) >= 11 is 0. The molecule has 1 atom stereocenters. The van der Waals surface area contributed by atoms with E-state index in [4.69, 9.17) is 9.47 Å². The quantitative estimate of drug-likeness (QED) is 0.238. The number of Topliss-reactive ketones (excluding diaryl/α,β-unsaturated/α-hetero) is 1. The Balaban J connectivity index is 1.69. The van der Waals surface area contributed by atoms with Crippen molar-refractivity contribution >= 4 is 23.1 Å². The topological polar surface area (TPSA) is 76.1 Å². The number of nitrogens with zero attached hydrogens (tertiary/aromatic N) is 1. The van der Waals surface area contributed by atoms with E-state index in [1.165, 1.54) is 23.1 Å². The Bertz CT molecular complexity index is 1420. The van der Waals surface area contributed by atoms with E-state index in [0.717, 1.165) is 31.2 Å². The molecule has 3 aromatic carbocycles. The van der Waals surface area contributed by atoms with Gasteiger partial charge in [-0.15, -0.1) is 0 Å². The number of aliphatic hydroxyl groups excluding tert-OH is 1. The Morgan fingerprint density at radius 2 is 1.55 bits per heavy atom. The fraction of sp³-hybridized carbons (Fsp3) is 0.312. The second-order valence-electron chi connectivity index (χ2n) is 10.2. The maximum Gasteiger partial charge on any atom is 0.300 e. The van der Waals surface area contributed by atoms with Crippen molar-refractivity contribution in [1.29, 1.82) is 0 Å². The first-order chi connectivity index (χ1) is 18.3. The molecular weight excluding hydrogens is 478 g/mol. The predicted molar refractivity (Wildman–Crippen MR) is 148 cm³/mol. The summed E-state index contributed by atoms with van der Waals surface area (Å²) in [5.74, 6) is -0.235. The molecule has 3 aromatic rings. The number of carbonyl (C=O) groups is 2. The van der Waals surface area contributed by atoms with Crippen molar-refractivity contribution < 1.29 is 24.2 Å². The second kappa shape index (κ2) is 10.4. The molecule has 0 spiro atoms. The lowest BCUT2D eigenvalue weighted by molar-refractivity contribution is -0.132. The standard InChI is InChI=1S/C32H33NO5/c1-19(2)20-11-14-25(15-12-20)33-29(23-13-16-26(37-3)27(18-23)38-4)28(31(35)32(33)36)30(34)24-10-9-21-7-5-6-8-22(21)17-24/h9-19,29,34H,5-8H2,1-4H3/b30-28+. The average molecular weight is 512 g/mol. The predicted octanol–water partition coefficient (Wildman–Crippen LogP) is 6.33. The van der Waals surface area contributed by atoms with Crippen LogP contribution in [0.15, 0.2) is 66.2 Å². The van der Waals surface area contributed by atoms with Gasteiger partial charge in [0, 0.05) is 11.3 Å². The van der Waals surface area contributed by atoms with Crippen LogP contribution in [0.4, 0.5) is 5.69 Å². The van der Waals surface area contributed by atoms with Crippen molar-refractivity contribution in [3.05, 3.63) is 94.1 Å². The molecule has 0 radical (unpaired) electrons. The summed E-state index contributed by atoms with van der Waals surface area (Å²) in [7, 11) is 3.09. The summed E-state index contributed by atoms with van der Waals surface area (Å²) in [4.78, 5) is 28.6. The van der Waals surface area contributed by atoms with Crippen LogP contribution in [0, 0.1) is 0 Å². The normalized spacial score (nSPS) is 18.6. The second-order valence-corrected chi connectivity index (χ2v) is 10.2. The monoisotopic (exact) mass is 511 g/mol. The number of ketones is 1. The Morgan fingerprint density at radius 1 is 0.868 bits per heavy atom. The molecule has 1 unspecified atom stereocenters. The lowest BCUT2D eigenvalue weighted by atomic mass is 9.88. The highest BCUT2D eigenvalue weighted by molar-refractivity contribution is 6.51. The van der Waals surface area contributed by atoms with Crippen LogP contribution in [0.2, 0.25) is 0 Å². The van der Waals surface area contributed by atoms with Crippen molar-refractivity contribution in [1.82, 2.24) is 0 Å². The van der Waals surface area contributed by atoms with E-state index in [1.54, 1.807) is 25.3 Å². The van der Waals surface area contributed by atoms with Crippen molar-refractivity contribution in [2.24, 2.45) is 0 Å². The maximum absolute atomic E-state index is 13.6. The van der Waals surface area contributed by atoms with Gasteiger partial charge in [-0.3, -0.25) is 14.5 Å². The number of fused-ring (bicyclic) bond motifs is 1. The van der Waals surface area contributed by atoms with Crippen molar-refractivity contribution in [2.45, 2.75) is 51.5 Å². The summed E-state index contributed by atoms with van der Waals surface area (Å²) in [5, 5.41) is 11.6. The molecule has 1 aliphatic heterocycles. The maximum atomic E-state index is 13.6. The number of hydrogen-bond donors (Lipinski definition) is 1. The van der Waals surface area contributed by atoms with Crippen molar-refractivity contribution in [3.63, 3.8) is 0 Å². The van der Waals surface area contributed by atoms with E-state index in [2.05, 4.69) is 13.8 Å². The van der Waals surface area contributed by atoms with E-state index in [0.29, 0.717) is 34.2 Å². The third kappa shape index (κ3) is 4.44. The molecule has 2 aliphatic rings. The number of carbonyl (C=O) groups excluding carboxylic acids is 2. The van der Waals surface area contributed by atoms with Gasteiger partial charge >= 0.3 is 0 Å². The number of ether oxygens (including phenoxy) is 2. The third-order valence-corrected chi connectivity index (χ3v) is 7.63. The van der Waals surface area contributed by atoms with Gasteiger partial charge in [-0.05, 0) is 84.2 Å². The first-order valence-electron chi connectivity index (χ1n) is 13.1. The summed E-state index contributed by atoms with van der Waals surface area (Å²) in [6.45, 7) is 4.20. The Morgan fingerprint density at radius 3 is 2.21 bits per heavy atom. The Labute approximate surface area is 223 Å². The van der Waals surface area contributed by atoms with Gasteiger partial charge in [0.05, 0.1) is 25.8 Å². The zero-order valence-electron chi connectivity index (χ0n) is 22.3. The molecule has 0 bridgehead atoms. The van der Waals surface area contributed by atoms with E-state index in [9.17, 15) is 14.7 Å². The number of aryl methyl sites for hydroxylation is 2. The number of amides is 1. The van der Waals surface area contributed by atoms with Gasteiger partial charge in [0.2, 0.25) is 0 Å². The molecule has 0 aromatic heterocycles. The minimum Gasteiger partial charge on any atom is -0.507 e. The molecule has 6 heteroatoms. The number of methoxy groups -OCH3 is 2. The van der Waals surface area contributed by atoms with Gasteiger partial charge in [0.25, 0.3) is 11.7 Å². The zero-order chi connectivity index (χ0) is 27.0. The highest BCUT2D eigenvalue weighted by atomic mass is 16.5. The Kier molecular flexibility index (Phi) is 6.98. The number of hydrogen-bond acceptors (Lipinski definition) is 5. The lowest BCUT2D eigenvalue weighted by Gasteiger charge is -2.26. The highest BCUT2D eigenvalue weighted by Gasteiger charge is 2.47. The number of aliphatic hydroxyl groups is 1. The molecule has 0 saturated carbocycles. The molecule has 1 fully saturated rings. The zero-order valence-corrected chi connectivity index (χ0v) is 22.3. The molecule has 1 amide bonds. The Hall–Kier alpha value is -4.06. The molecule has 1 saturated heterocycles. The van der Waals surface area contributed by atoms with Crippen molar-refractivity contribution in [2.75, 3.05) is 19.1 Å². The fourth-order valence-electron chi connectivity index (χ4n) is 5.49. The highest BCUT2D eigenvalue weighted by Crippen LogP contribution is 2.44. The number of rotatable bonds is 6. The first-order valence-corrected chi connectivity index (χ1v) is 13.1. The molecule has 6 nitrogen and oxygen atoms in total. The van der Waals surface area contributed by atoms with E-state index < -0.39 is 17.7 Å². The minimum absolute atomic E-state index is 0.0610. The summed E-state index contributed by atoms with van der Waals surface area (Å²) < 4.78 is 10.9. The van der Waals surface area contributed by atoms with Gasteiger partial charge in [-0.25, -0.2) is 0 Å². The number of benzene rings is 3. The molecule has 1 heterocycles. The molecule has 1 aliphatic carbocycles. The van der Waals surface area contributed by atoms with E-state index in [1.807, 2.05) is 42.5 Å².